The highest BCUT2D eigenvalue weighted by Gasteiger charge is 2.07. The van der Waals surface area contributed by atoms with E-state index in [1.807, 2.05) is 0 Å². The van der Waals surface area contributed by atoms with Gasteiger partial charge in [-0.05, 0) is 0 Å². The predicted octanol–water partition coefficient (Wildman–Crippen LogP) is -1.19. The van der Waals surface area contributed by atoms with Crippen LogP contribution >= 0.6 is 9.24 Å². The first-order valence-corrected chi connectivity index (χ1v) is 3.02. The van der Waals surface area contributed by atoms with Crippen LogP contribution in [0.15, 0.2) is 0 Å². The van der Waals surface area contributed by atoms with Crippen LogP contribution < -0.4 is 11.1 Å². The number of amides is 2. The quantitative estimate of drug-likeness (QED) is 0.483. The number of rotatable bonds is 2. The fraction of sp³-hybridized carbons (Fsp3) is 0.500. The molecule has 9 heavy (non-hydrogen) atoms. The number of nitrogens with two attached hydrogens (primary N) is 1. The molecule has 0 aromatic carbocycles. The predicted molar refractivity (Wildman–Crippen MR) is 36.5 cm³/mol. The van der Waals surface area contributed by atoms with Crippen LogP contribution in [0.25, 0.3) is 0 Å². The van der Waals surface area contributed by atoms with Gasteiger partial charge in [0.2, 0.25) is 11.8 Å². The summed E-state index contributed by atoms with van der Waals surface area (Å²) < 4.78 is 0. The summed E-state index contributed by atoms with van der Waals surface area (Å²) in [7, 11) is 2.11. The van der Waals surface area contributed by atoms with Gasteiger partial charge in [0, 0.05) is 6.92 Å². The van der Waals surface area contributed by atoms with E-state index in [0.29, 0.717) is 0 Å². The van der Waals surface area contributed by atoms with Crippen LogP contribution in [-0.4, -0.2) is 17.6 Å². The van der Waals surface area contributed by atoms with E-state index in [1.54, 1.807) is 0 Å². The summed E-state index contributed by atoms with van der Waals surface area (Å²) in [6, 6.07) is 0. The van der Waals surface area contributed by atoms with Crippen LogP contribution in [0.4, 0.5) is 0 Å². The molecule has 0 aromatic heterocycles. The van der Waals surface area contributed by atoms with Crippen molar-refractivity contribution >= 4 is 21.1 Å². The Bertz CT molecular complexity index is 137. The highest BCUT2D eigenvalue weighted by atomic mass is 31.0. The zero-order valence-electron chi connectivity index (χ0n) is 5.05. The molecule has 0 spiro atoms. The molecule has 0 rings (SSSR count). The van der Waals surface area contributed by atoms with Crippen molar-refractivity contribution in [3.05, 3.63) is 0 Å². The summed E-state index contributed by atoms with van der Waals surface area (Å²) in [4.78, 5) is 20.4. The van der Waals surface area contributed by atoms with Crippen molar-refractivity contribution in [1.29, 1.82) is 0 Å². The Kier molecular flexibility index (Phi) is 3.17. The summed E-state index contributed by atoms with van der Waals surface area (Å²) in [5.41, 5.74) is 4.81. The van der Waals surface area contributed by atoms with Crippen molar-refractivity contribution in [1.82, 2.24) is 5.32 Å². The summed E-state index contributed by atoms with van der Waals surface area (Å²) in [6.45, 7) is 1.32. The van der Waals surface area contributed by atoms with Crippen LogP contribution in [0.5, 0.6) is 0 Å². The average molecular weight is 148 g/mol. The molecule has 0 saturated heterocycles. The monoisotopic (exact) mass is 148 g/mol. The lowest BCUT2D eigenvalue weighted by atomic mass is 10.5. The van der Waals surface area contributed by atoms with Gasteiger partial charge in [0.05, 0.1) is 0 Å². The van der Waals surface area contributed by atoms with Gasteiger partial charge in [0.25, 0.3) is 0 Å². The maximum Gasteiger partial charge on any atom is 0.243 e. The van der Waals surface area contributed by atoms with E-state index >= 15 is 0 Å². The molecule has 5 heteroatoms. The van der Waals surface area contributed by atoms with E-state index in [4.69, 9.17) is 5.73 Å². The highest BCUT2D eigenvalue weighted by molar-refractivity contribution is 7.19. The molecule has 2 atom stereocenters. The van der Waals surface area contributed by atoms with Crippen molar-refractivity contribution in [3.63, 3.8) is 0 Å². The largest absolute Gasteiger partial charge is 0.368 e. The second-order valence-electron chi connectivity index (χ2n) is 1.58. The van der Waals surface area contributed by atoms with Gasteiger partial charge in [-0.1, -0.05) is 0 Å². The molecule has 2 amide bonds. The molecule has 0 aliphatic rings. The molecule has 1 unspecified atom stereocenters. The van der Waals surface area contributed by atoms with Gasteiger partial charge in [-0.2, -0.15) is 0 Å². The van der Waals surface area contributed by atoms with Gasteiger partial charge in [-0.25, -0.2) is 0 Å². The third-order valence-electron chi connectivity index (χ3n) is 0.665. The third kappa shape index (κ3) is 3.91. The summed E-state index contributed by atoms with van der Waals surface area (Å²) >= 11 is 0. The molecule has 0 aromatic rings. The highest BCUT2D eigenvalue weighted by Crippen LogP contribution is 1.91. The van der Waals surface area contributed by atoms with Crippen molar-refractivity contribution in [2.75, 3.05) is 0 Å². The SMILES string of the molecule is CC(=O)N[C@@H](P)C(N)=O. The zero-order valence-corrected chi connectivity index (χ0v) is 6.20. The molecule has 0 fully saturated rings. The van der Waals surface area contributed by atoms with Crippen molar-refractivity contribution in [3.8, 4) is 0 Å². The summed E-state index contributed by atoms with van der Waals surface area (Å²) in [5.74, 6) is -1.48. The van der Waals surface area contributed by atoms with Crippen LogP contribution in [0, 0.1) is 0 Å². The Balaban J connectivity index is 3.63. The average Bonchev–Trinajstić information content (AvgIpc) is 1.63. The molecule has 3 N–H and O–H groups in total. The second-order valence-corrected chi connectivity index (χ2v) is 2.25. The van der Waals surface area contributed by atoms with Crippen molar-refractivity contribution < 1.29 is 9.59 Å². The molecule has 0 aliphatic heterocycles. The number of carbonyl (C=O) groups is 2. The first-order chi connectivity index (χ1) is 4.04. The molecule has 0 aliphatic carbocycles. The van der Waals surface area contributed by atoms with Gasteiger partial charge < -0.3 is 11.1 Å². The van der Waals surface area contributed by atoms with E-state index in [0.717, 1.165) is 0 Å². The summed E-state index contributed by atoms with van der Waals surface area (Å²) in [5, 5.41) is 2.29. The normalized spacial score (nSPS) is 12.2. The molecule has 0 radical (unpaired) electrons. The maximum atomic E-state index is 10.2. The van der Waals surface area contributed by atoms with Crippen LogP contribution in [0.1, 0.15) is 6.92 Å². The molecular weight excluding hydrogens is 139 g/mol. The van der Waals surface area contributed by atoms with E-state index in [2.05, 4.69) is 14.6 Å². The number of hydrogen-bond donors (Lipinski definition) is 2. The molecule has 0 heterocycles. The van der Waals surface area contributed by atoms with Gasteiger partial charge in [-0.15, -0.1) is 9.24 Å². The first-order valence-electron chi connectivity index (χ1n) is 2.36. The number of primary amides is 1. The molecule has 52 valence electrons. The van der Waals surface area contributed by atoms with Crippen LogP contribution in [0.3, 0.4) is 0 Å². The van der Waals surface area contributed by atoms with E-state index in [-0.39, 0.29) is 5.91 Å². The lowest BCUT2D eigenvalue weighted by molar-refractivity contribution is -0.124. The van der Waals surface area contributed by atoms with Crippen molar-refractivity contribution in [2.24, 2.45) is 5.73 Å². The number of nitrogens with one attached hydrogen (secondary N) is 1. The minimum atomic E-state index is -0.650. The Labute approximate surface area is 55.4 Å². The van der Waals surface area contributed by atoms with Gasteiger partial charge in [-0.3, -0.25) is 9.59 Å². The molecular formula is C4H9N2O2P. The topological polar surface area (TPSA) is 72.2 Å². The van der Waals surface area contributed by atoms with Crippen LogP contribution in [0.2, 0.25) is 0 Å². The zero-order chi connectivity index (χ0) is 7.44. The van der Waals surface area contributed by atoms with Crippen molar-refractivity contribution in [2.45, 2.75) is 12.7 Å². The molecule has 0 saturated carbocycles. The minimum absolute atomic E-state index is 0.270. The Morgan fingerprint density at radius 1 is 1.67 bits per heavy atom. The third-order valence-corrected chi connectivity index (χ3v) is 1.16. The van der Waals surface area contributed by atoms with E-state index in [9.17, 15) is 9.59 Å². The number of carbonyl (C=O) groups excluding carboxylic acids is 2. The number of hydrogen-bond acceptors (Lipinski definition) is 2. The Morgan fingerprint density at radius 3 is 2.22 bits per heavy atom. The molecule has 0 bridgehead atoms. The smallest absolute Gasteiger partial charge is 0.243 e. The van der Waals surface area contributed by atoms with Gasteiger partial charge >= 0.3 is 0 Å². The fourth-order valence-electron chi connectivity index (χ4n) is 0.290. The minimum Gasteiger partial charge on any atom is -0.368 e. The van der Waals surface area contributed by atoms with E-state index < -0.39 is 11.7 Å². The molecule has 4 nitrogen and oxygen atoms in total. The maximum absolute atomic E-state index is 10.2. The van der Waals surface area contributed by atoms with Gasteiger partial charge in [0.1, 0.15) is 5.78 Å². The second kappa shape index (κ2) is 3.41. The van der Waals surface area contributed by atoms with Crippen LogP contribution in [-0.2, 0) is 9.59 Å². The lowest BCUT2D eigenvalue weighted by Gasteiger charge is -2.05. The fourth-order valence-corrected chi connectivity index (χ4v) is 0.525. The Hall–Kier alpha value is -0.630. The Morgan fingerprint density at radius 2 is 2.11 bits per heavy atom. The summed E-state index contributed by atoms with van der Waals surface area (Å²) in [6.07, 6.45) is 0. The van der Waals surface area contributed by atoms with E-state index in [1.165, 1.54) is 6.92 Å². The lowest BCUT2D eigenvalue weighted by Crippen LogP contribution is -2.38. The first kappa shape index (κ1) is 8.37. The standard InChI is InChI=1S/C4H9N2O2P/c1-2(7)6-4(9)3(5)8/h4H,9H2,1H3,(H2,5,8)(H,6,7)/t4-/m0/s1. The van der Waals surface area contributed by atoms with Gasteiger partial charge in [0.15, 0.2) is 0 Å².